The van der Waals surface area contributed by atoms with Gasteiger partial charge in [0, 0.05) is 23.9 Å². The molecule has 1 aliphatic rings. The second-order valence-electron chi connectivity index (χ2n) is 7.58. The molecule has 1 fully saturated rings. The Balaban J connectivity index is 1.41. The molecule has 4 aromatic rings. The van der Waals surface area contributed by atoms with Crippen molar-refractivity contribution in [2.75, 3.05) is 5.32 Å². The summed E-state index contributed by atoms with van der Waals surface area (Å²) in [5.74, 6) is 2.06. The molecule has 0 spiro atoms. The molecule has 0 amide bonds. The van der Waals surface area contributed by atoms with Gasteiger partial charge in [0.25, 0.3) is 0 Å². The molecule has 5 rings (SSSR count). The number of fused-ring (bicyclic) bond motifs is 1. The van der Waals surface area contributed by atoms with Crippen molar-refractivity contribution in [3.05, 3.63) is 67.0 Å². The van der Waals surface area contributed by atoms with E-state index in [-0.39, 0.29) is 6.10 Å². The highest BCUT2D eigenvalue weighted by atomic mass is 16.5. The minimum Gasteiger partial charge on any atom is -0.439 e. The second-order valence-corrected chi connectivity index (χ2v) is 7.58. The van der Waals surface area contributed by atoms with Crippen LogP contribution in [0.3, 0.4) is 0 Å². The quantitative estimate of drug-likeness (QED) is 0.519. The van der Waals surface area contributed by atoms with Gasteiger partial charge in [0.15, 0.2) is 5.65 Å². The maximum atomic E-state index is 9.71. The molecule has 2 N–H and O–H groups in total. The van der Waals surface area contributed by atoms with Crippen LogP contribution in [0.4, 0.5) is 5.82 Å². The summed E-state index contributed by atoms with van der Waals surface area (Å²) in [4.78, 5) is 8.81. The normalized spacial score (nSPS) is 19.0. The molecule has 7 heteroatoms. The molecule has 3 aromatic heterocycles. The van der Waals surface area contributed by atoms with Crippen LogP contribution in [-0.4, -0.2) is 36.8 Å². The molecule has 0 unspecified atom stereocenters. The Kier molecular flexibility index (Phi) is 5.03. The van der Waals surface area contributed by atoms with E-state index in [0.29, 0.717) is 11.9 Å². The second kappa shape index (κ2) is 8.12. The van der Waals surface area contributed by atoms with Crippen LogP contribution < -0.4 is 10.1 Å². The lowest BCUT2D eigenvalue weighted by Crippen LogP contribution is -2.28. The molecule has 1 saturated carbocycles. The molecule has 1 aliphatic carbocycles. The fourth-order valence-corrected chi connectivity index (χ4v) is 3.81. The largest absolute Gasteiger partial charge is 0.439 e. The average molecular weight is 401 g/mol. The Hall–Kier alpha value is -3.45. The summed E-state index contributed by atoms with van der Waals surface area (Å²) < 4.78 is 7.70. The highest BCUT2D eigenvalue weighted by Gasteiger charge is 2.20. The number of benzene rings is 1. The Morgan fingerprint density at radius 2 is 1.80 bits per heavy atom. The number of aromatic nitrogens is 4. The first-order valence-corrected chi connectivity index (χ1v) is 10.2. The van der Waals surface area contributed by atoms with Gasteiger partial charge in [0.2, 0.25) is 5.88 Å². The van der Waals surface area contributed by atoms with Crippen molar-refractivity contribution in [1.82, 2.24) is 19.6 Å². The monoisotopic (exact) mass is 401 g/mol. The Morgan fingerprint density at radius 3 is 2.63 bits per heavy atom. The van der Waals surface area contributed by atoms with E-state index in [1.165, 1.54) is 0 Å². The molecule has 152 valence electrons. The molecule has 0 radical (unpaired) electrons. The van der Waals surface area contributed by atoms with Crippen LogP contribution in [-0.2, 0) is 0 Å². The minimum atomic E-state index is -0.169. The van der Waals surface area contributed by atoms with Crippen LogP contribution in [0.2, 0.25) is 0 Å². The van der Waals surface area contributed by atoms with E-state index in [1.807, 2.05) is 65.3 Å². The standard InChI is InChI=1S/C23H23N5O2/c29-18-8-6-17(7-9-18)26-21-10-11-22-25-15-20(28(22)27-21)16-12-13-24-23(14-16)30-19-4-2-1-3-5-19/h1-5,10-15,17-18,29H,6-9H2,(H,26,27). The number of hydrogen-bond donors (Lipinski definition) is 2. The van der Waals surface area contributed by atoms with E-state index in [4.69, 9.17) is 9.84 Å². The fraction of sp³-hybridized carbons (Fsp3) is 0.261. The van der Waals surface area contributed by atoms with Gasteiger partial charge in [-0.25, -0.2) is 14.5 Å². The van der Waals surface area contributed by atoms with E-state index in [2.05, 4.69) is 15.3 Å². The number of anilines is 1. The number of imidazole rings is 1. The molecule has 30 heavy (non-hydrogen) atoms. The highest BCUT2D eigenvalue weighted by Crippen LogP contribution is 2.27. The van der Waals surface area contributed by atoms with Crippen LogP contribution in [0.5, 0.6) is 11.6 Å². The molecule has 0 saturated heterocycles. The zero-order valence-electron chi connectivity index (χ0n) is 16.5. The van der Waals surface area contributed by atoms with Crippen molar-refractivity contribution >= 4 is 11.5 Å². The SMILES string of the molecule is OC1CCC(Nc2ccc3ncc(-c4ccnc(Oc5ccccc5)c4)n3n2)CC1. The van der Waals surface area contributed by atoms with Gasteiger partial charge in [-0.1, -0.05) is 18.2 Å². The van der Waals surface area contributed by atoms with E-state index in [9.17, 15) is 5.11 Å². The maximum absolute atomic E-state index is 9.71. The summed E-state index contributed by atoms with van der Waals surface area (Å²) in [6.07, 6.45) is 6.92. The molecular formula is C23H23N5O2. The first kappa shape index (κ1) is 18.6. The van der Waals surface area contributed by atoms with Gasteiger partial charge in [-0.05, 0) is 56.0 Å². The summed E-state index contributed by atoms with van der Waals surface area (Å²) in [5.41, 5.74) is 2.57. The third kappa shape index (κ3) is 3.97. The molecule has 0 aliphatic heterocycles. The lowest BCUT2D eigenvalue weighted by atomic mass is 9.93. The summed E-state index contributed by atoms with van der Waals surface area (Å²) in [6, 6.07) is 17.6. The van der Waals surface area contributed by atoms with Gasteiger partial charge in [-0.15, -0.1) is 5.10 Å². The first-order chi connectivity index (χ1) is 14.7. The Labute approximate surface area is 174 Å². The third-order valence-electron chi connectivity index (χ3n) is 5.41. The number of pyridine rings is 1. The number of aliphatic hydroxyl groups is 1. The van der Waals surface area contributed by atoms with Gasteiger partial charge < -0.3 is 15.2 Å². The van der Waals surface area contributed by atoms with Crippen molar-refractivity contribution in [1.29, 1.82) is 0 Å². The summed E-state index contributed by atoms with van der Waals surface area (Å²) >= 11 is 0. The lowest BCUT2D eigenvalue weighted by molar-refractivity contribution is 0.126. The smallest absolute Gasteiger partial charge is 0.219 e. The van der Waals surface area contributed by atoms with Crippen LogP contribution >= 0.6 is 0 Å². The van der Waals surface area contributed by atoms with Crippen molar-refractivity contribution < 1.29 is 9.84 Å². The maximum Gasteiger partial charge on any atom is 0.219 e. The van der Waals surface area contributed by atoms with Crippen molar-refractivity contribution in [2.24, 2.45) is 0 Å². The number of aliphatic hydroxyl groups excluding tert-OH is 1. The van der Waals surface area contributed by atoms with Crippen LogP contribution in [0, 0.1) is 0 Å². The Morgan fingerprint density at radius 1 is 0.967 bits per heavy atom. The number of para-hydroxylation sites is 1. The van der Waals surface area contributed by atoms with E-state index >= 15 is 0 Å². The van der Waals surface area contributed by atoms with Crippen molar-refractivity contribution in [2.45, 2.75) is 37.8 Å². The molecule has 3 heterocycles. The first-order valence-electron chi connectivity index (χ1n) is 10.2. The van der Waals surface area contributed by atoms with Gasteiger partial charge in [0.05, 0.1) is 18.0 Å². The van der Waals surface area contributed by atoms with E-state index in [1.54, 1.807) is 6.20 Å². The minimum absolute atomic E-state index is 0.169. The lowest BCUT2D eigenvalue weighted by Gasteiger charge is -2.26. The molecule has 0 atom stereocenters. The zero-order valence-corrected chi connectivity index (χ0v) is 16.5. The van der Waals surface area contributed by atoms with Crippen LogP contribution in [0.25, 0.3) is 16.9 Å². The topological polar surface area (TPSA) is 84.6 Å². The van der Waals surface area contributed by atoms with E-state index in [0.717, 1.165) is 54.2 Å². The highest BCUT2D eigenvalue weighted by molar-refractivity contribution is 5.64. The third-order valence-corrected chi connectivity index (χ3v) is 5.41. The number of ether oxygens (including phenoxy) is 1. The number of nitrogens with one attached hydrogen (secondary N) is 1. The summed E-state index contributed by atoms with van der Waals surface area (Å²) in [5, 5.41) is 18.0. The fourth-order valence-electron chi connectivity index (χ4n) is 3.81. The van der Waals surface area contributed by atoms with Crippen LogP contribution in [0.15, 0.2) is 67.0 Å². The molecule has 7 nitrogen and oxygen atoms in total. The van der Waals surface area contributed by atoms with Gasteiger partial charge in [-0.2, -0.15) is 0 Å². The number of hydrogen-bond acceptors (Lipinski definition) is 6. The number of nitrogens with zero attached hydrogens (tertiary/aromatic N) is 4. The van der Waals surface area contributed by atoms with Crippen LogP contribution in [0.1, 0.15) is 25.7 Å². The van der Waals surface area contributed by atoms with Crippen molar-refractivity contribution in [3.8, 4) is 22.9 Å². The van der Waals surface area contributed by atoms with Gasteiger partial charge in [0.1, 0.15) is 11.6 Å². The van der Waals surface area contributed by atoms with Gasteiger partial charge >= 0.3 is 0 Å². The summed E-state index contributed by atoms with van der Waals surface area (Å²) in [6.45, 7) is 0. The van der Waals surface area contributed by atoms with Crippen molar-refractivity contribution in [3.63, 3.8) is 0 Å². The predicted octanol–water partition coefficient (Wildman–Crippen LogP) is 4.30. The Bertz CT molecular complexity index is 1140. The molecular weight excluding hydrogens is 378 g/mol. The molecule has 0 bridgehead atoms. The average Bonchev–Trinajstić information content (AvgIpc) is 3.20. The summed E-state index contributed by atoms with van der Waals surface area (Å²) in [7, 11) is 0. The number of rotatable bonds is 5. The van der Waals surface area contributed by atoms with E-state index < -0.39 is 0 Å². The zero-order chi connectivity index (χ0) is 20.3. The molecule has 1 aromatic carbocycles. The van der Waals surface area contributed by atoms with Gasteiger partial charge in [-0.3, -0.25) is 0 Å². The predicted molar refractivity (Wildman–Crippen MR) is 115 cm³/mol.